The van der Waals surface area contributed by atoms with Crippen molar-refractivity contribution in [2.45, 2.75) is 59.3 Å². The van der Waals surface area contributed by atoms with Crippen molar-refractivity contribution in [1.29, 1.82) is 0 Å². The first kappa shape index (κ1) is 16.2. The van der Waals surface area contributed by atoms with E-state index in [0.717, 1.165) is 44.2 Å². The van der Waals surface area contributed by atoms with Gasteiger partial charge in [0, 0.05) is 37.1 Å². The van der Waals surface area contributed by atoms with E-state index in [1.54, 1.807) is 0 Å². The van der Waals surface area contributed by atoms with Crippen LogP contribution in [0.15, 0.2) is 6.20 Å². The topological polar surface area (TPSA) is 50.3 Å². The van der Waals surface area contributed by atoms with Crippen molar-refractivity contribution < 1.29 is 4.74 Å². The molecule has 1 unspecified atom stereocenters. The number of ether oxygens (including phenoxy) is 1. The summed E-state index contributed by atoms with van der Waals surface area (Å²) in [4.78, 5) is 11.5. The van der Waals surface area contributed by atoms with Crippen LogP contribution in [0.5, 0.6) is 0 Å². The minimum Gasteiger partial charge on any atom is -0.369 e. The molecule has 1 fully saturated rings. The smallest absolute Gasteiger partial charge is 0.225 e. The van der Waals surface area contributed by atoms with Crippen molar-refractivity contribution in [3.63, 3.8) is 0 Å². The summed E-state index contributed by atoms with van der Waals surface area (Å²) in [6, 6.07) is 0. The highest BCUT2D eigenvalue weighted by Gasteiger charge is 2.32. The van der Waals surface area contributed by atoms with Crippen molar-refractivity contribution in [1.82, 2.24) is 15.3 Å². The molecule has 1 saturated heterocycles. The Morgan fingerprint density at radius 3 is 2.86 bits per heavy atom. The normalized spacial score (nSPS) is 21.6. The zero-order valence-electron chi connectivity index (χ0n) is 13.9. The first-order valence-electron chi connectivity index (χ1n) is 7.87. The molecule has 0 amide bonds. The quantitative estimate of drug-likeness (QED) is 0.844. The summed E-state index contributed by atoms with van der Waals surface area (Å²) in [6.45, 7) is 14.1. The van der Waals surface area contributed by atoms with Crippen LogP contribution in [0, 0.1) is 6.92 Å². The van der Waals surface area contributed by atoms with Crippen LogP contribution in [-0.2, 0) is 11.3 Å². The van der Waals surface area contributed by atoms with Gasteiger partial charge in [-0.05, 0) is 40.7 Å². The molecule has 0 saturated carbocycles. The Labute approximate surface area is 128 Å². The SMILES string of the molecule is CCCNCc1cnc(N2CC(C)OC(C)(C)C2)nc1C. The second-order valence-corrected chi connectivity index (χ2v) is 6.53. The molecule has 5 heteroatoms. The molecule has 0 radical (unpaired) electrons. The van der Waals surface area contributed by atoms with Crippen LogP contribution in [-0.4, -0.2) is 41.3 Å². The fraction of sp³-hybridized carbons (Fsp3) is 0.750. The number of nitrogens with one attached hydrogen (secondary N) is 1. The fourth-order valence-corrected chi connectivity index (χ4v) is 2.81. The van der Waals surface area contributed by atoms with Crippen LogP contribution in [0.3, 0.4) is 0 Å². The Hall–Kier alpha value is -1.20. The molecule has 1 N–H and O–H groups in total. The Morgan fingerprint density at radius 2 is 2.24 bits per heavy atom. The highest BCUT2D eigenvalue weighted by Crippen LogP contribution is 2.24. The van der Waals surface area contributed by atoms with Gasteiger partial charge in [0.05, 0.1) is 11.7 Å². The Bertz CT molecular complexity index is 475. The molecule has 2 heterocycles. The average molecular weight is 292 g/mol. The lowest BCUT2D eigenvalue weighted by atomic mass is 10.1. The van der Waals surface area contributed by atoms with Crippen LogP contribution in [0.25, 0.3) is 0 Å². The largest absolute Gasteiger partial charge is 0.369 e. The second kappa shape index (κ2) is 6.71. The van der Waals surface area contributed by atoms with Crippen molar-refractivity contribution in [3.05, 3.63) is 17.5 Å². The van der Waals surface area contributed by atoms with Gasteiger partial charge in [0.15, 0.2) is 0 Å². The zero-order chi connectivity index (χ0) is 15.5. The van der Waals surface area contributed by atoms with Gasteiger partial charge >= 0.3 is 0 Å². The molecule has 2 rings (SSSR count). The number of hydrogen-bond acceptors (Lipinski definition) is 5. The fourth-order valence-electron chi connectivity index (χ4n) is 2.81. The van der Waals surface area contributed by atoms with Crippen molar-refractivity contribution >= 4 is 5.95 Å². The predicted octanol–water partition coefficient (Wildman–Crippen LogP) is 2.29. The molecule has 0 spiro atoms. The summed E-state index contributed by atoms with van der Waals surface area (Å²) >= 11 is 0. The number of rotatable bonds is 5. The van der Waals surface area contributed by atoms with E-state index in [9.17, 15) is 0 Å². The standard InChI is InChI=1S/C16H28N4O/c1-6-7-17-8-14-9-18-15(19-13(14)3)20-10-12(2)21-16(4,5)11-20/h9,12,17H,6-8,10-11H2,1-5H3. The molecule has 1 atom stereocenters. The first-order valence-corrected chi connectivity index (χ1v) is 7.87. The third-order valence-electron chi connectivity index (χ3n) is 3.66. The average Bonchev–Trinajstić information content (AvgIpc) is 2.38. The van der Waals surface area contributed by atoms with Crippen LogP contribution in [0.4, 0.5) is 5.95 Å². The van der Waals surface area contributed by atoms with Gasteiger partial charge in [-0.3, -0.25) is 0 Å². The molecule has 21 heavy (non-hydrogen) atoms. The van der Waals surface area contributed by atoms with E-state index in [1.807, 2.05) is 6.20 Å². The van der Waals surface area contributed by atoms with Crippen molar-refractivity contribution in [2.24, 2.45) is 0 Å². The highest BCUT2D eigenvalue weighted by atomic mass is 16.5. The summed E-state index contributed by atoms with van der Waals surface area (Å²) < 4.78 is 5.94. The van der Waals surface area contributed by atoms with E-state index >= 15 is 0 Å². The monoisotopic (exact) mass is 292 g/mol. The lowest BCUT2D eigenvalue weighted by Crippen LogP contribution is -2.52. The van der Waals surface area contributed by atoms with Gasteiger partial charge in [0.1, 0.15) is 0 Å². The number of hydrogen-bond donors (Lipinski definition) is 1. The molecule has 1 aromatic rings. The van der Waals surface area contributed by atoms with Gasteiger partial charge in [-0.15, -0.1) is 0 Å². The molecular weight excluding hydrogens is 264 g/mol. The van der Waals surface area contributed by atoms with Gasteiger partial charge in [-0.1, -0.05) is 6.92 Å². The number of anilines is 1. The van der Waals surface area contributed by atoms with E-state index in [4.69, 9.17) is 9.72 Å². The van der Waals surface area contributed by atoms with Crippen molar-refractivity contribution in [2.75, 3.05) is 24.5 Å². The summed E-state index contributed by atoms with van der Waals surface area (Å²) in [5.74, 6) is 0.815. The number of aryl methyl sites for hydroxylation is 1. The maximum atomic E-state index is 5.94. The Balaban J connectivity index is 2.08. The van der Waals surface area contributed by atoms with E-state index in [2.05, 4.69) is 49.8 Å². The van der Waals surface area contributed by atoms with Gasteiger partial charge in [0.25, 0.3) is 0 Å². The van der Waals surface area contributed by atoms with Crippen molar-refractivity contribution in [3.8, 4) is 0 Å². The molecular formula is C16H28N4O. The third kappa shape index (κ3) is 4.38. The third-order valence-corrected chi connectivity index (χ3v) is 3.66. The van der Waals surface area contributed by atoms with Crippen LogP contribution in [0.1, 0.15) is 45.4 Å². The maximum Gasteiger partial charge on any atom is 0.225 e. The van der Waals surface area contributed by atoms with Gasteiger partial charge in [-0.2, -0.15) is 0 Å². The molecule has 0 aliphatic carbocycles. The van der Waals surface area contributed by atoms with E-state index in [1.165, 1.54) is 5.56 Å². The lowest BCUT2D eigenvalue weighted by Gasteiger charge is -2.41. The van der Waals surface area contributed by atoms with Gasteiger partial charge in [-0.25, -0.2) is 9.97 Å². The maximum absolute atomic E-state index is 5.94. The summed E-state index contributed by atoms with van der Waals surface area (Å²) in [5, 5.41) is 3.40. The van der Waals surface area contributed by atoms with Gasteiger partial charge in [0.2, 0.25) is 5.95 Å². The Kier molecular flexibility index (Phi) is 5.17. The summed E-state index contributed by atoms with van der Waals surface area (Å²) in [7, 11) is 0. The van der Waals surface area contributed by atoms with E-state index in [0.29, 0.717) is 0 Å². The second-order valence-electron chi connectivity index (χ2n) is 6.53. The Morgan fingerprint density at radius 1 is 1.48 bits per heavy atom. The molecule has 1 aliphatic rings. The number of aromatic nitrogens is 2. The minimum absolute atomic E-state index is 0.156. The molecule has 5 nitrogen and oxygen atoms in total. The minimum atomic E-state index is -0.156. The van der Waals surface area contributed by atoms with Crippen LogP contribution >= 0.6 is 0 Å². The lowest BCUT2D eigenvalue weighted by molar-refractivity contribution is -0.0753. The number of nitrogens with zero attached hydrogens (tertiary/aromatic N) is 3. The highest BCUT2D eigenvalue weighted by molar-refractivity contribution is 5.34. The molecule has 1 aromatic heterocycles. The summed E-state index contributed by atoms with van der Waals surface area (Å²) in [5.41, 5.74) is 2.07. The zero-order valence-corrected chi connectivity index (χ0v) is 13.9. The number of morpholine rings is 1. The summed E-state index contributed by atoms with van der Waals surface area (Å²) in [6.07, 6.45) is 3.29. The van der Waals surface area contributed by atoms with Gasteiger partial charge < -0.3 is 15.0 Å². The van der Waals surface area contributed by atoms with Crippen LogP contribution in [0.2, 0.25) is 0 Å². The van der Waals surface area contributed by atoms with E-state index < -0.39 is 0 Å². The molecule has 118 valence electrons. The van der Waals surface area contributed by atoms with E-state index in [-0.39, 0.29) is 11.7 Å². The molecule has 0 aromatic carbocycles. The molecule has 1 aliphatic heterocycles. The molecule has 0 bridgehead atoms. The van der Waals surface area contributed by atoms with Crippen LogP contribution < -0.4 is 10.2 Å². The first-order chi connectivity index (χ1) is 9.91. The predicted molar refractivity (Wildman–Crippen MR) is 85.6 cm³/mol.